The van der Waals surface area contributed by atoms with Gasteiger partial charge in [-0.05, 0) is 44.8 Å². The fourth-order valence-electron chi connectivity index (χ4n) is 4.26. The number of rotatable bonds is 7. The monoisotopic (exact) mass is 388 g/mol. The summed E-state index contributed by atoms with van der Waals surface area (Å²) in [6, 6.07) is 9.33. The first-order chi connectivity index (χ1) is 13.6. The molecule has 152 valence electrons. The number of likely N-dealkylation sites (tertiary alicyclic amines) is 1. The van der Waals surface area contributed by atoms with E-state index in [1.165, 1.54) is 5.06 Å². The van der Waals surface area contributed by atoms with E-state index in [-0.39, 0.29) is 18.0 Å². The summed E-state index contributed by atoms with van der Waals surface area (Å²) in [5.41, 5.74) is 3.56. The number of amides is 3. The highest BCUT2D eigenvalue weighted by Crippen LogP contribution is 2.30. The van der Waals surface area contributed by atoms with Crippen molar-refractivity contribution in [3.05, 3.63) is 35.9 Å². The summed E-state index contributed by atoms with van der Waals surface area (Å²) in [5, 5.41) is 1.44. The Morgan fingerprint density at radius 2 is 2.04 bits per heavy atom. The molecule has 8 heteroatoms. The number of hydroxylamine groups is 3. The molecule has 3 aliphatic heterocycles. The van der Waals surface area contributed by atoms with Crippen LogP contribution in [0.2, 0.25) is 0 Å². The molecule has 1 N–H and O–H groups in total. The number of nitrogens with zero attached hydrogens (tertiary/aromatic N) is 3. The molecule has 3 heterocycles. The molecule has 3 saturated heterocycles. The highest BCUT2D eigenvalue weighted by atomic mass is 16.7. The molecule has 0 aliphatic carbocycles. The molecule has 4 rings (SSSR count). The minimum absolute atomic E-state index is 0.00619. The van der Waals surface area contributed by atoms with Crippen molar-refractivity contribution in [3.63, 3.8) is 0 Å². The van der Waals surface area contributed by atoms with E-state index in [9.17, 15) is 9.59 Å². The van der Waals surface area contributed by atoms with E-state index in [2.05, 4.69) is 17.4 Å². The fraction of sp³-hybridized carbons (Fsp3) is 0.600. The molecule has 1 aromatic carbocycles. The summed E-state index contributed by atoms with van der Waals surface area (Å²) in [6.45, 7) is 2.38. The average Bonchev–Trinajstić information content (AvgIpc) is 3.22. The van der Waals surface area contributed by atoms with Crippen LogP contribution in [-0.4, -0.2) is 71.7 Å². The topological polar surface area (TPSA) is 74.4 Å². The Hall–Kier alpha value is -2.16. The minimum atomic E-state index is -0.504. The molecular formula is C20H28N4O4. The Labute approximate surface area is 165 Å². The number of carbonyl (C=O) groups is 2. The van der Waals surface area contributed by atoms with Gasteiger partial charge in [-0.25, -0.2) is 10.3 Å². The van der Waals surface area contributed by atoms with E-state index in [4.69, 9.17) is 9.68 Å². The second-order valence-corrected chi connectivity index (χ2v) is 7.82. The number of likely N-dealkylation sites (N-methyl/N-ethyl adjacent to an activating group) is 1. The lowest BCUT2D eigenvalue weighted by molar-refractivity contribution is -0.141. The molecule has 0 saturated carbocycles. The van der Waals surface area contributed by atoms with Crippen LogP contribution in [0.3, 0.4) is 0 Å². The van der Waals surface area contributed by atoms with E-state index >= 15 is 0 Å². The molecule has 0 radical (unpaired) electrons. The molecule has 28 heavy (non-hydrogen) atoms. The highest BCUT2D eigenvalue weighted by Gasteiger charge is 2.48. The third kappa shape index (κ3) is 3.99. The van der Waals surface area contributed by atoms with Crippen molar-refractivity contribution in [1.82, 2.24) is 20.3 Å². The third-order valence-corrected chi connectivity index (χ3v) is 5.96. The van der Waals surface area contributed by atoms with Crippen LogP contribution >= 0.6 is 0 Å². The molecule has 3 aliphatic rings. The van der Waals surface area contributed by atoms with E-state index < -0.39 is 6.04 Å². The normalized spacial score (nSPS) is 27.5. The number of hydrogen-bond acceptors (Lipinski definition) is 5. The van der Waals surface area contributed by atoms with Crippen molar-refractivity contribution in [2.45, 2.75) is 50.4 Å². The van der Waals surface area contributed by atoms with Gasteiger partial charge >= 0.3 is 6.03 Å². The molecule has 0 spiro atoms. The zero-order chi connectivity index (χ0) is 19.5. The maximum Gasteiger partial charge on any atom is 0.345 e. The lowest BCUT2D eigenvalue weighted by Gasteiger charge is -2.29. The molecule has 3 amide bonds. The van der Waals surface area contributed by atoms with Gasteiger partial charge in [-0.15, -0.1) is 0 Å². The summed E-state index contributed by atoms with van der Waals surface area (Å²) in [5.74, 6) is -0.252. The second kappa shape index (κ2) is 8.46. The summed E-state index contributed by atoms with van der Waals surface area (Å²) < 4.78 is 0. The smallest absolute Gasteiger partial charge is 0.309 e. The van der Waals surface area contributed by atoms with Gasteiger partial charge in [0.25, 0.3) is 5.91 Å². The summed E-state index contributed by atoms with van der Waals surface area (Å²) in [6.07, 6.45) is 3.58. The fourth-order valence-corrected chi connectivity index (χ4v) is 4.26. The second-order valence-electron chi connectivity index (χ2n) is 7.82. The van der Waals surface area contributed by atoms with Crippen molar-refractivity contribution in [3.8, 4) is 0 Å². The van der Waals surface area contributed by atoms with E-state index in [1.807, 2.05) is 30.3 Å². The van der Waals surface area contributed by atoms with Crippen molar-refractivity contribution in [2.24, 2.45) is 0 Å². The molecule has 0 aromatic heterocycles. The van der Waals surface area contributed by atoms with Crippen molar-refractivity contribution in [1.29, 1.82) is 0 Å². The van der Waals surface area contributed by atoms with Crippen LogP contribution in [0.5, 0.6) is 0 Å². The summed E-state index contributed by atoms with van der Waals surface area (Å²) >= 11 is 0. The molecular weight excluding hydrogens is 360 g/mol. The predicted octanol–water partition coefficient (Wildman–Crippen LogP) is 1.53. The largest absolute Gasteiger partial charge is 0.345 e. The Morgan fingerprint density at radius 3 is 2.79 bits per heavy atom. The predicted molar refractivity (Wildman–Crippen MR) is 102 cm³/mol. The molecule has 3 fully saturated rings. The summed E-state index contributed by atoms with van der Waals surface area (Å²) in [4.78, 5) is 40.4. The van der Waals surface area contributed by atoms with E-state index in [0.717, 1.165) is 31.4 Å². The standard InChI is InChI=1S/C20H28N4O4/c1-22-11-5-8-17(22)14-27-21-19(25)18-10-9-16-12-23(18)20(26)24(16)28-13-15-6-3-2-4-7-15/h2-4,6-7,16-18H,5,8-14H2,1H3,(H,21,25)/t16-,17-,18+/m1/s1. The quantitative estimate of drug-likeness (QED) is 0.717. The van der Waals surface area contributed by atoms with Gasteiger partial charge in [0.05, 0.1) is 12.6 Å². The lowest BCUT2D eigenvalue weighted by Crippen LogP contribution is -2.50. The number of carbonyl (C=O) groups excluding carboxylic acids is 2. The van der Waals surface area contributed by atoms with Gasteiger partial charge in [-0.1, -0.05) is 30.3 Å². The highest BCUT2D eigenvalue weighted by molar-refractivity contribution is 5.88. The Balaban J connectivity index is 1.28. The first-order valence-corrected chi connectivity index (χ1v) is 10.0. The van der Waals surface area contributed by atoms with Crippen LogP contribution in [0.1, 0.15) is 31.2 Å². The van der Waals surface area contributed by atoms with Crippen LogP contribution in [-0.2, 0) is 21.1 Å². The first kappa shape index (κ1) is 19.2. The molecule has 0 unspecified atom stereocenters. The molecule has 2 bridgehead atoms. The number of fused-ring (bicyclic) bond motifs is 2. The van der Waals surface area contributed by atoms with Gasteiger partial charge in [-0.3, -0.25) is 14.5 Å². The Morgan fingerprint density at radius 1 is 1.21 bits per heavy atom. The number of piperidine rings is 1. The van der Waals surface area contributed by atoms with Crippen LogP contribution in [0.4, 0.5) is 4.79 Å². The zero-order valence-corrected chi connectivity index (χ0v) is 16.3. The summed E-state index contributed by atoms with van der Waals surface area (Å²) in [7, 11) is 2.07. The zero-order valence-electron chi connectivity index (χ0n) is 16.3. The number of nitrogens with one attached hydrogen (secondary N) is 1. The van der Waals surface area contributed by atoms with Crippen molar-refractivity contribution < 1.29 is 19.3 Å². The average molecular weight is 388 g/mol. The van der Waals surface area contributed by atoms with Crippen molar-refractivity contribution >= 4 is 11.9 Å². The Kier molecular flexibility index (Phi) is 5.79. The van der Waals surface area contributed by atoms with Crippen LogP contribution < -0.4 is 5.48 Å². The van der Waals surface area contributed by atoms with Gasteiger partial charge in [-0.2, -0.15) is 5.06 Å². The maximum absolute atomic E-state index is 12.7. The molecule has 8 nitrogen and oxygen atoms in total. The molecule has 3 atom stereocenters. The van der Waals surface area contributed by atoms with Gasteiger partial charge in [0.15, 0.2) is 0 Å². The van der Waals surface area contributed by atoms with Gasteiger partial charge in [0.2, 0.25) is 0 Å². The van der Waals surface area contributed by atoms with Crippen LogP contribution in [0, 0.1) is 0 Å². The lowest BCUT2D eigenvalue weighted by atomic mass is 10.0. The third-order valence-electron chi connectivity index (χ3n) is 5.96. The Bertz CT molecular complexity index is 701. The molecule has 1 aromatic rings. The minimum Gasteiger partial charge on any atom is -0.309 e. The number of benzene rings is 1. The van der Waals surface area contributed by atoms with Crippen molar-refractivity contribution in [2.75, 3.05) is 26.7 Å². The van der Waals surface area contributed by atoms with Crippen LogP contribution in [0.25, 0.3) is 0 Å². The van der Waals surface area contributed by atoms with Crippen LogP contribution in [0.15, 0.2) is 30.3 Å². The van der Waals surface area contributed by atoms with E-state index in [0.29, 0.717) is 32.2 Å². The van der Waals surface area contributed by atoms with E-state index in [1.54, 1.807) is 4.90 Å². The van der Waals surface area contributed by atoms with Gasteiger partial charge in [0.1, 0.15) is 12.6 Å². The van der Waals surface area contributed by atoms with Gasteiger partial charge < -0.3 is 9.80 Å². The SMILES string of the molecule is CN1CCC[C@@H]1CONC(=O)[C@@H]1CC[C@@H]2CN1C(=O)N2OCc1ccccc1. The first-order valence-electron chi connectivity index (χ1n) is 10.0. The number of hydrogen-bond donors (Lipinski definition) is 1. The van der Waals surface area contributed by atoms with Gasteiger partial charge in [0, 0.05) is 12.6 Å². The maximum atomic E-state index is 12.7. The number of urea groups is 1.